The standard InChI is InChI=1S/C12H19N3O2/c1-9-10(7-13-14-9)11(16)15(2)8-12(17)5-3-4-6-12/h7,17H,3-6,8H2,1-2H3,(H,13,14). The van der Waals surface area contributed by atoms with Gasteiger partial charge in [0.25, 0.3) is 5.91 Å². The third-order valence-corrected chi connectivity index (χ3v) is 3.47. The average molecular weight is 237 g/mol. The van der Waals surface area contributed by atoms with Crippen LogP contribution in [0.5, 0.6) is 0 Å². The number of H-pyrrole nitrogens is 1. The van der Waals surface area contributed by atoms with Gasteiger partial charge < -0.3 is 10.0 Å². The van der Waals surface area contributed by atoms with E-state index in [1.807, 2.05) is 6.92 Å². The molecule has 1 fully saturated rings. The molecule has 5 nitrogen and oxygen atoms in total. The second-order valence-corrected chi connectivity index (χ2v) is 5.00. The molecule has 0 radical (unpaired) electrons. The summed E-state index contributed by atoms with van der Waals surface area (Å²) >= 11 is 0. The summed E-state index contributed by atoms with van der Waals surface area (Å²) in [5.74, 6) is -0.0865. The SMILES string of the molecule is Cc1[nH]ncc1C(=O)N(C)CC1(O)CCCC1. The first kappa shape index (κ1) is 12.1. The molecule has 1 aliphatic carbocycles. The summed E-state index contributed by atoms with van der Waals surface area (Å²) in [4.78, 5) is 13.7. The fraction of sp³-hybridized carbons (Fsp3) is 0.667. The number of nitrogens with one attached hydrogen (secondary N) is 1. The summed E-state index contributed by atoms with van der Waals surface area (Å²) in [6, 6.07) is 0. The third-order valence-electron chi connectivity index (χ3n) is 3.47. The van der Waals surface area contributed by atoms with E-state index in [0.717, 1.165) is 31.4 Å². The molecule has 0 unspecified atom stereocenters. The van der Waals surface area contributed by atoms with Crippen molar-refractivity contribution in [2.45, 2.75) is 38.2 Å². The van der Waals surface area contributed by atoms with E-state index >= 15 is 0 Å². The summed E-state index contributed by atoms with van der Waals surface area (Å²) < 4.78 is 0. The third kappa shape index (κ3) is 2.49. The van der Waals surface area contributed by atoms with Crippen LogP contribution in [0.4, 0.5) is 0 Å². The number of carbonyl (C=O) groups is 1. The van der Waals surface area contributed by atoms with Crippen molar-refractivity contribution in [1.82, 2.24) is 15.1 Å². The van der Waals surface area contributed by atoms with Crippen molar-refractivity contribution < 1.29 is 9.90 Å². The van der Waals surface area contributed by atoms with Gasteiger partial charge in [0.05, 0.1) is 17.4 Å². The number of amides is 1. The molecular weight excluding hydrogens is 218 g/mol. The van der Waals surface area contributed by atoms with Crippen molar-refractivity contribution in [3.8, 4) is 0 Å². The lowest BCUT2D eigenvalue weighted by molar-refractivity contribution is 0.0156. The molecular formula is C12H19N3O2. The van der Waals surface area contributed by atoms with Crippen LogP contribution in [0, 0.1) is 6.92 Å². The molecule has 1 amide bonds. The highest BCUT2D eigenvalue weighted by Gasteiger charge is 2.33. The molecule has 1 aromatic rings. The molecule has 2 rings (SSSR count). The van der Waals surface area contributed by atoms with E-state index in [9.17, 15) is 9.90 Å². The van der Waals surface area contributed by atoms with Crippen LogP contribution in [0.25, 0.3) is 0 Å². The summed E-state index contributed by atoms with van der Waals surface area (Å²) in [6.07, 6.45) is 5.20. The lowest BCUT2D eigenvalue weighted by Gasteiger charge is -2.28. The van der Waals surface area contributed by atoms with Gasteiger partial charge in [0.2, 0.25) is 0 Å². The Kier molecular flexibility index (Phi) is 3.19. The minimum Gasteiger partial charge on any atom is -0.388 e. The Morgan fingerprint density at radius 2 is 2.24 bits per heavy atom. The van der Waals surface area contributed by atoms with Gasteiger partial charge in [-0.25, -0.2) is 0 Å². The molecule has 5 heteroatoms. The molecule has 1 heterocycles. The van der Waals surface area contributed by atoms with Gasteiger partial charge in [0.15, 0.2) is 0 Å². The fourth-order valence-corrected chi connectivity index (χ4v) is 2.48. The van der Waals surface area contributed by atoms with Crippen molar-refractivity contribution >= 4 is 5.91 Å². The minimum atomic E-state index is -0.692. The van der Waals surface area contributed by atoms with Crippen LogP contribution in [0.2, 0.25) is 0 Å². The highest BCUT2D eigenvalue weighted by atomic mass is 16.3. The number of carbonyl (C=O) groups excluding carboxylic acids is 1. The van der Waals surface area contributed by atoms with Crippen molar-refractivity contribution in [2.75, 3.05) is 13.6 Å². The lowest BCUT2D eigenvalue weighted by atomic mass is 10.0. The largest absolute Gasteiger partial charge is 0.388 e. The van der Waals surface area contributed by atoms with Gasteiger partial charge >= 0.3 is 0 Å². The number of aromatic nitrogens is 2. The Morgan fingerprint density at radius 3 is 2.76 bits per heavy atom. The summed E-state index contributed by atoms with van der Waals surface area (Å²) in [6.45, 7) is 2.22. The highest BCUT2D eigenvalue weighted by molar-refractivity contribution is 5.94. The van der Waals surface area contributed by atoms with E-state index in [1.165, 1.54) is 6.20 Å². The van der Waals surface area contributed by atoms with Gasteiger partial charge in [-0.15, -0.1) is 0 Å². The zero-order chi connectivity index (χ0) is 12.5. The zero-order valence-electron chi connectivity index (χ0n) is 10.4. The monoisotopic (exact) mass is 237 g/mol. The summed E-state index contributed by atoms with van der Waals surface area (Å²) in [7, 11) is 1.73. The topological polar surface area (TPSA) is 69.2 Å². The molecule has 1 aromatic heterocycles. The molecule has 2 N–H and O–H groups in total. The number of rotatable bonds is 3. The Morgan fingerprint density at radius 1 is 1.59 bits per heavy atom. The summed E-state index contributed by atoms with van der Waals surface area (Å²) in [5.41, 5.74) is 0.650. The first-order chi connectivity index (χ1) is 8.02. The number of aryl methyl sites for hydroxylation is 1. The maximum absolute atomic E-state index is 12.1. The van der Waals surface area contributed by atoms with E-state index in [0.29, 0.717) is 12.1 Å². The molecule has 0 spiro atoms. The van der Waals surface area contributed by atoms with Gasteiger partial charge in [-0.1, -0.05) is 12.8 Å². The van der Waals surface area contributed by atoms with Crippen LogP contribution in [0.15, 0.2) is 6.20 Å². The summed E-state index contributed by atoms with van der Waals surface area (Å²) in [5, 5.41) is 16.8. The molecule has 0 saturated heterocycles. The normalized spacial score (nSPS) is 18.3. The van der Waals surface area contributed by atoms with Crippen LogP contribution >= 0.6 is 0 Å². The Bertz CT molecular complexity index is 408. The first-order valence-electron chi connectivity index (χ1n) is 6.00. The molecule has 0 atom stereocenters. The number of hydrogen-bond donors (Lipinski definition) is 2. The van der Waals surface area contributed by atoms with Gasteiger partial charge in [0, 0.05) is 19.3 Å². The van der Waals surface area contributed by atoms with Gasteiger partial charge in [-0.3, -0.25) is 9.89 Å². The molecule has 0 bridgehead atoms. The predicted molar refractivity (Wildman–Crippen MR) is 63.7 cm³/mol. The average Bonchev–Trinajstić information content (AvgIpc) is 2.86. The second-order valence-electron chi connectivity index (χ2n) is 5.00. The van der Waals surface area contributed by atoms with Crippen LogP contribution < -0.4 is 0 Å². The maximum Gasteiger partial charge on any atom is 0.257 e. The van der Waals surface area contributed by atoms with Crippen molar-refractivity contribution in [3.05, 3.63) is 17.5 Å². The van der Waals surface area contributed by atoms with Crippen molar-refractivity contribution in [1.29, 1.82) is 0 Å². The van der Waals surface area contributed by atoms with Crippen molar-refractivity contribution in [3.63, 3.8) is 0 Å². The Hall–Kier alpha value is -1.36. The van der Waals surface area contributed by atoms with E-state index < -0.39 is 5.60 Å². The maximum atomic E-state index is 12.1. The number of aromatic amines is 1. The quantitative estimate of drug-likeness (QED) is 0.827. The van der Waals surface area contributed by atoms with E-state index in [-0.39, 0.29) is 5.91 Å². The van der Waals surface area contributed by atoms with E-state index in [4.69, 9.17) is 0 Å². The molecule has 0 aromatic carbocycles. The smallest absolute Gasteiger partial charge is 0.257 e. The van der Waals surface area contributed by atoms with Crippen LogP contribution in [-0.2, 0) is 0 Å². The van der Waals surface area contributed by atoms with Gasteiger partial charge in [-0.05, 0) is 19.8 Å². The van der Waals surface area contributed by atoms with Crippen LogP contribution in [0.1, 0.15) is 41.7 Å². The first-order valence-corrected chi connectivity index (χ1v) is 6.00. The number of likely N-dealkylation sites (N-methyl/N-ethyl adjacent to an activating group) is 1. The van der Waals surface area contributed by atoms with E-state index in [1.54, 1.807) is 11.9 Å². The van der Waals surface area contributed by atoms with Crippen molar-refractivity contribution in [2.24, 2.45) is 0 Å². The van der Waals surface area contributed by atoms with Gasteiger partial charge in [-0.2, -0.15) is 5.10 Å². The molecule has 1 aliphatic rings. The Labute approximate surface area is 101 Å². The second kappa shape index (κ2) is 4.49. The predicted octanol–water partition coefficient (Wildman–Crippen LogP) is 1.10. The van der Waals surface area contributed by atoms with Gasteiger partial charge in [0.1, 0.15) is 0 Å². The lowest BCUT2D eigenvalue weighted by Crippen LogP contribution is -2.42. The van der Waals surface area contributed by atoms with Crippen LogP contribution in [0.3, 0.4) is 0 Å². The van der Waals surface area contributed by atoms with Crippen LogP contribution in [-0.4, -0.2) is 45.3 Å². The fourth-order valence-electron chi connectivity index (χ4n) is 2.48. The number of hydrogen-bond acceptors (Lipinski definition) is 3. The highest BCUT2D eigenvalue weighted by Crippen LogP contribution is 2.30. The number of aliphatic hydroxyl groups is 1. The van der Waals surface area contributed by atoms with E-state index in [2.05, 4.69) is 10.2 Å². The number of nitrogens with zero attached hydrogens (tertiary/aromatic N) is 2. The molecule has 0 aliphatic heterocycles. The zero-order valence-corrected chi connectivity index (χ0v) is 10.4. The minimum absolute atomic E-state index is 0.0865. The molecule has 94 valence electrons. The molecule has 1 saturated carbocycles. The molecule has 17 heavy (non-hydrogen) atoms. The Balaban J connectivity index is 2.03.